The number of para-hydroxylation sites is 1. The first-order valence-corrected chi connectivity index (χ1v) is 5.96. The number of nitrogens with two attached hydrogens (primary N) is 1. The second-order valence-electron chi connectivity index (χ2n) is 4.33. The number of hydrogen-bond acceptors (Lipinski definition) is 4. The summed E-state index contributed by atoms with van der Waals surface area (Å²) in [4.78, 5) is 29.2. The minimum Gasteiger partial charge on any atom is -0.320 e. The number of nitrogens with zero attached hydrogens (tertiary/aromatic N) is 2. The van der Waals surface area contributed by atoms with Crippen LogP contribution in [0, 0.1) is 0 Å². The van der Waals surface area contributed by atoms with Gasteiger partial charge in [-0.1, -0.05) is 18.2 Å². The van der Waals surface area contributed by atoms with E-state index >= 15 is 0 Å². The molecule has 0 bridgehead atoms. The first kappa shape index (κ1) is 13.2. The van der Waals surface area contributed by atoms with E-state index in [9.17, 15) is 9.59 Å². The lowest BCUT2D eigenvalue weighted by molar-refractivity contribution is -0.126. The van der Waals surface area contributed by atoms with Crippen LogP contribution in [-0.4, -0.2) is 22.8 Å². The Hall–Kier alpha value is -2.27. The molecule has 0 unspecified atom stereocenters. The number of hydrogen-bond donors (Lipinski definition) is 1. The van der Waals surface area contributed by atoms with Gasteiger partial charge in [-0.25, -0.2) is 4.90 Å². The van der Waals surface area contributed by atoms with Crippen LogP contribution in [0.2, 0.25) is 0 Å². The number of aromatic nitrogens is 1. The van der Waals surface area contributed by atoms with Crippen molar-refractivity contribution in [3.05, 3.63) is 36.5 Å². The largest absolute Gasteiger partial charge is 0.320 e. The second-order valence-corrected chi connectivity index (χ2v) is 4.33. The number of amides is 2. The first-order valence-electron chi connectivity index (χ1n) is 5.96. The number of pyridine rings is 1. The van der Waals surface area contributed by atoms with Crippen molar-refractivity contribution in [2.24, 2.45) is 5.73 Å². The maximum absolute atomic E-state index is 12.1. The molecule has 98 valence electrons. The summed E-state index contributed by atoms with van der Waals surface area (Å²) in [5, 5.41) is 0.865. The van der Waals surface area contributed by atoms with E-state index in [2.05, 4.69) is 4.98 Å². The number of imide groups is 1. The highest BCUT2D eigenvalue weighted by Gasteiger charge is 2.24. The minimum atomic E-state index is -0.747. The third kappa shape index (κ3) is 2.46. The van der Waals surface area contributed by atoms with Crippen molar-refractivity contribution in [2.75, 3.05) is 4.90 Å². The fourth-order valence-electron chi connectivity index (χ4n) is 1.92. The van der Waals surface area contributed by atoms with Crippen LogP contribution in [0.3, 0.4) is 0 Å². The van der Waals surface area contributed by atoms with Gasteiger partial charge < -0.3 is 5.73 Å². The number of fused-ring (bicyclic) bond motifs is 1. The third-order valence-electron chi connectivity index (χ3n) is 2.78. The molecule has 0 fully saturated rings. The average Bonchev–Trinajstić information content (AvgIpc) is 2.38. The zero-order valence-corrected chi connectivity index (χ0v) is 10.8. The molecule has 1 aromatic carbocycles. The Kier molecular flexibility index (Phi) is 3.57. The van der Waals surface area contributed by atoms with Gasteiger partial charge in [-0.3, -0.25) is 14.6 Å². The van der Waals surface area contributed by atoms with Crippen LogP contribution in [0.1, 0.15) is 13.8 Å². The molecule has 0 saturated carbocycles. The van der Waals surface area contributed by atoms with Crippen LogP contribution in [0.5, 0.6) is 0 Å². The molecule has 2 rings (SSSR count). The molecule has 19 heavy (non-hydrogen) atoms. The highest BCUT2D eigenvalue weighted by atomic mass is 16.2. The van der Waals surface area contributed by atoms with E-state index in [1.165, 1.54) is 6.92 Å². The predicted molar refractivity (Wildman–Crippen MR) is 73.6 cm³/mol. The molecule has 0 spiro atoms. The normalized spacial score (nSPS) is 12.2. The lowest BCUT2D eigenvalue weighted by atomic mass is 10.1. The number of rotatable bonds is 2. The summed E-state index contributed by atoms with van der Waals surface area (Å²) < 4.78 is 0. The van der Waals surface area contributed by atoms with Crippen LogP contribution in [0.15, 0.2) is 36.5 Å². The van der Waals surface area contributed by atoms with Crippen LogP contribution in [0.25, 0.3) is 10.9 Å². The Labute approximate surface area is 111 Å². The van der Waals surface area contributed by atoms with Gasteiger partial charge in [0.2, 0.25) is 11.8 Å². The molecule has 0 saturated heterocycles. The number of carbonyl (C=O) groups is 2. The van der Waals surface area contributed by atoms with Gasteiger partial charge in [-0.15, -0.1) is 0 Å². The van der Waals surface area contributed by atoms with E-state index in [4.69, 9.17) is 5.73 Å². The van der Waals surface area contributed by atoms with Gasteiger partial charge in [0.1, 0.15) is 0 Å². The SMILES string of the molecule is CC(=O)N(C(=O)[C@H](C)N)c1cccc2cccnc12. The highest BCUT2D eigenvalue weighted by Crippen LogP contribution is 2.25. The zero-order chi connectivity index (χ0) is 14.0. The zero-order valence-electron chi connectivity index (χ0n) is 10.8. The molecule has 1 atom stereocenters. The first-order chi connectivity index (χ1) is 9.02. The predicted octanol–water partition coefficient (Wildman–Crippen LogP) is 1.46. The quantitative estimate of drug-likeness (QED) is 0.883. The maximum Gasteiger partial charge on any atom is 0.250 e. The van der Waals surface area contributed by atoms with Gasteiger partial charge >= 0.3 is 0 Å². The van der Waals surface area contributed by atoms with Crippen molar-refractivity contribution >= 4 is 28.4 Å². The smallest absolute Gasteiger partial charge is 0.250 e. The van der Waals surface area contributed by atoms with Crippen molar-refractivity contribution in [1.29, 1.82) is 0 Å². The Morgan fingerprint density at radius 1 is 1.26 bits per heavy atom. The lowest BCUT2D eigenvalue weighted by Gasteiger charge is -2.22. The molecule has 0 aliphatic rings. The molecule has 5 heteroatoms. The Bertz CT molecular complexity index is 632. The molecule has 0 aliphatic heterocycles. The van der Waals surface area contributed by atoms with Gasteiger partial charge in [0, 0.05) is 18.5 Å². The van der Waals surface area contributed by atoms with E-state index in [0.29, 0.717) is 11.2 Å². The topological polar surface area (TPSA) is 76.3 Å². The average molecular weight is 257 g/mol. The van der Waals surface area contributed by atoms with Crippen LogP contribution in [-0.2, 0) is 9.59 Å². The van der Waals surface area contributed by atoms with Crippen molar-refractivity contribution in [1.82, 2.24) is 4.98 Å². The van der Waals surface area contributed by atoms with Crippen molar-refractivity contribution in [3.63, 3.8) is 0 Å². The van der Waals surface area contributed by atoms with E-state index in [1.54, 1.807) is 31.3 Å². The molecule has 0 radical (unpaired) electrons. The van der Waals surface area contributed by atoms with Gasteiger partial charge in [0.25, 0.3) is 0 Å². The Morgan fingerprint density at radius 3 is 2.58 bits per heavy atom. The summed E-state index contributed by atoms with van der Waals surface area (Å²) in [6.07, 6.45) is 1.63. The van der Waals surface area contributed by atoms with Gasteiger partial charge in [0.15, 0.2) is 0 Å². The molecule has 5 nitrogen and oxygen atoms in total. The van der Waals surface area contributed by atoms with Gasteiger partial charge in [-0.05, 0) is 19.1 Å². The number of benzene rings is 1. The van der Waals surface area contributed by atoms with E-state index in [0.717, 1.165) is 10.3 Å². The molecule has 1 aromatic heterocycles. The molecule has 2 aromatic rings. The molecule has 2 N–H and O–H groups in total. The number of carbonyl (C=O) groups excluding carboxylic acids is 2. The molecule has 2 amide bonds. The maximum atomic E-state index is 12.1. The fraction of sp³-hybridized carbons (Fsp3) is 0.214. The molecular formula is C14H15N3O2. The fourth-order valence-corrected chi connectivity index (χ4v) is 1.92. The molecule has 1 heterocycles. The lowest BCUT2D eigenvalue weighted by Crippen LogP contribution is -2.44. The Morgan fingerprint density at radius 2 is 1.95 bits per heavy atom. The molecule has 0 aliphatic carbocycles. The van der Waals surface area contributed by atoms with Crippen LogP contribution < -0.4 is 10.6 Å². The van der Waals surface area contributed by atoms with Gasteiger partial charge in [-0.2, -0.15) is 0 Å². The van der Waals surface area contributed by atoms with Crippen LogP contribution >= 0.6 is 0 Å². The third-order valence-corrected chi connectivity index (χ3v) is 2.78. The monoisotopic (exact) mass is 257 g/mol. The summed E-state index contributed by atoms with van der Waals surface area (Å²) in [7, 11) is 0. The standard InChI is InChI=1S/C14H15N3O2/c1-9(15)14(19)17(10(2)18)12-7-3-5-11-6-4-8-16-13(11)12/h3-9H,15H2,1-2H3/t9-/m0/s1. The summed E-state index contributed by atoms with van der Waals surface area (Å²) >= 11 is 0. The summed E-state index contributed by atoms with van der Waals surface area (Å²) in [6, 6.07) is 8.28. The summed E-state index contributed by atoms with van der Waals surface area (Å²) in [6.45, 7) is 2.89. The van der Waals surface area contributed by atoms with Gasteiger partial charge in [0.05, 0.1) is 17.2 Å². The number of anilines is 1. The summed E-state index contributed by atoms with van der Waals surface area (Å²) in [5.74, 6) is -0.814. The van der Waals surface area contributed by atoms with E-state index in [-0.39, 0.29) is 5.91 Å². The molecular weight excluding hydrogens is 242 g/mol. The Balaban J connectivity index is 2.63. The van der Waals surface area contributed by atoms with Crippen LogP contribution in [0.4, 0.5) is 5.69 Å². The van der Waals surface area contributed by atoms with E-state index in [1.807, 2.05) is 12.1 Å². The van der Waals surface area contributed by atoms with Crippen molar-refractivity contribution in [3.8, 4) is 0 Å². The van der Waals surface area contributed by atoms with E-state index < -0.39 is 11.9 Å². The summed E-state index contributed by atoms with van der Waals surface area (Å²) in [5.41, 5.74) is 6.66. The second kappa shape index (κ2) is 5.16. The van der Waals surface area contributed by atoms with Crippen molar-refractivity contribution in [2.45, 2.75) is 19.9 Å². The minimum absolute atomic E-state index is 0.375. The van der Waals surface area contributed by atoms with Crippen molar-refractivity contribution < 1.29 is 9.59 Å². The highest BCUT2D eigenvalue weighted by molar-refractivity contribution is 6.19.